The minimum absolute atomic E-state index is 0.161. The second-order valence-electron chi connectivity index (χ2n) is 6.84. The van der Waals surface area contributed by atoms with Crippen LogP contribution in [0.2, 0.25) is 0 Å². The summed E-state index contributed by atoms with van der Waals surface area (Å²) in [6, 6.07) is 6.43. The number of imidazole rings is 1. The first-order valence-electron chi connectivity index (χ1n) is 9.25. The van der Waals surface area contributed by atoms with Gasteiger partial charge < -0.3 is 9.88 Å². The number of amides is 1. The molecule has 4 rings (SSSR count). The van der Waals surface area contributed by atoms with Gasteiger partial charge in [0.05, 0.1) is 23.5 Å². The van der Waals surface area contributed by atoms with Crippen LogP contribution >= 0.6 is 0 Å². The number of carbonyl (C=O) groups excluding carboxylic acids is 1. The summed E-state index contributed by atoms with van der Waals surface area (Å²) < 4.78 is 3.39. The van der Waals surface area contributed by atoms with Crippen LogP contribution < -0.4 is 5.32 Å². The monoisotopic (exact) mass is 380 g/mol. The van der Waals surface area contributed by atoms with Crippen LogP contribution in [0.25, 0.3) is 5.69 Å². The summed E-state index contributed by atoms with van der Waals surface area (Å²) in [7, 11) is 0. The molecule has 0 radical (unpaired) electrons. The van der Waals surface area contributed by atoms with Crippen LogP contribution in [0.4, 0.5) is 11.5 Å². The van der Waals surface area contributed by atoms with Gasteiger partial charge in [0, 0.05) is 30.1 Å². The van der Waals surface area contributed by atoms with E-state index in [9.17, 15) is 14.9 Å². The third-order valence-electron chi connectivity index (χ3n) is 5.05. The quantitative estimate of drug-likeness (QED) is 0.536. The summed E-state index contributed by atoms with van der Waals surface area (Å²) in [6.07, 6.45) is 11.9. The van der Waals surface area contributed by atoms with Gasteiger partial charge in [-0.3, -0.25) is 14.9 Å². The summed E-state index contributed by atoms with van der Waals surface area (Å²) in [5, 5.41) is 18.7. The van der Waals surface area contributed by atoms with Gasteiger partial charge in [-0.15, -0.1) is 0 Å². The fraction of sp³-hybridized carbons (Fsp3) is 0.316. The van der Waals surface area contributed by atoms with Gasteiger partial charge in [0.15, 0.2) is 0 Å². The lowest BCUT2D eigenvalue weighted by atomic mass is 9.96. The number of nitrogens with zero attached hydrogens (tertiary/aromatic N) is 5. The Hall–Kier alpha value is -3.49. The number of carbonyl (C=O) groups is 1. The Morgan fingerprint density at radius 1 is 1.18 bits per heavy atom. The lowest BCUT2D eigenvalue weighted by Gasteiger charge is -2.23. The van der Waals surface area contributed by atoms with Crippen molar-refractivity contribution in [2.75, 3.05) is 5.32 Å². The highest BCUT2D eigenvalue weighted by Crippen LogP contribution is 2.30. The predicted molar refractivity (Wildman–Crippen MR) is 103 cm³/mol. The molecule has 1 N–H and O–H groups in total. The Bertz CT molecular complexity index is 989. The van der Waals surface area contributed by atoms with Gasteiger partial charge in [0.25, 0.3) is 11.6 Å². The molecule has 9 nitrogen and oxygen atoms in total. The van der Waals surface area contributed by atoms with E-state index in [1.807, 2.05) is 4.68 Å². The fourth-order valence-electron chi connectivity index (χ4n) is 3.65. The molecule has 2 aromatic heterocycles. The Morgan fingerprint density at radius 3 is 2.71 bits per heavy atom. The Labute approximate surface area is 161 Å². The summed E-state index contributed by atoms with van der Waals surface area (Å²) in [6.45, 7) is 0. The topological polar surface area (TPSA) is 108 Å². The van der Waals surface area contributed by atoms with Crippen molar-refractivity contribution in [3.63, 3.8) is 0 Å². The number of hydrogen-bond acceptors (Lipinski definition) is 5. The highest BCUT2D eigenvalue weighted by atomic mass is 16.6. The number of hydrogen-bond donors (Lipinski definition) is 1. The second-order valence-corrected chi connectivity index (χ2v) is 6.84. The van der Waals surface area contributed by atoms with E-state index >= 15 is 0 Å². The van der Waals surface area contributed by atoms with Crippen LogP contribution in [0, 0.1) is 10.1 Å². The van der Waals surface area contributed by atoms with Gasteiger partial charge in [0.2, 0.25) is 0 Å². The number of nitrogens with one attached hydrogen (secondary N) is 1. The average molecular weight is 380 g/mol. The Balaban J connectivity index is 1.58. The van der Waals surface area contributed by atoms with E-state index in [0.717, 1.165) is 25.7 Å². The van der Waals surface area contributed by atoms with Crippen LogP contribution in [0.15, 0.2) is 49.2 Å². The van der Waals surface area contributed by atoms with Gasteiger partial charge in [-0.1, -0.05) is 19.3 Å². The first kappa shape index (κ1) is 17.9. The van der Waals surface area contributed by atoms with E-state index < -0.39 is 10.8 Å². The summed E-state index contributed by atoms with van der Waals surface area (Å²) in [5.41, 5.74) is 0.407. The van der Waals surface area contributed by atoms with Gasteiger partial charge in [-0.25, -0.2) is 9.67 Å². The Kier molecular flexibility index (Phi) is 4.88. The molecule has 0 unspecified atom stereocenters. The molecule has 1 aromatic carbocycles. The van der Waals surface area contributed by atoms with Crippen molar-refractivity contribution >= 4 is 17.4 Å². The zero-order valence-electron chi connectivity index (χ0n) is 15.2. The van der Waals surface area contributed by atoms with Crippen LogP contribution in [-0.4, -0.2) is 30.2 Å². The maximum atomic E-state index is 12.7. The van der Waals surface area contributed by atoms with Gasteiger partial charge >= 0.3 is 0 Å². The van der Waals surface area contributed by atoms with Crippen molar-refractivity contribution in [3.05, 3.63) is 64.9 Å². The van der Waals surface area contributed by atoms with Crippen molar-refractivity contribution in [2.45, 2.75) is 38.1 Å². The van der Waals surface area contributed by atoms with E-state index in [1.54, 1.807) is 30.6 Å². The molecule has 1 amide bonds. The largest absolute Gasteiger partial charge is 0.307 e. The number of nitro groups is 1. The molecule has 1 saturated carbocycles. The summed E-state index contributed by atoms with van der Waals surface area (Å²) in [4.78, 5) is 27.6. The first-order chi connectivity index (χ1) is 13.6. The summed E-state index contributed by atoms with van der Waals surface area (Å²) >= 11 is 0. The molecule has 0 aliphatic heterocycles. The smallest absolute Gasteiger partial charge is 0.294 e. The van der Waals surface area contributed by atoms with E-state index in [4.69, 9.17) is 0 Å². The van der Waals surface area contributed by atoms with Gasteiger partial charge in [0.1, 0.15) is 11.5 Å². The predicted octanol–water partition coefficient (Wildman–Crippen LogP) is 3.73. The molecule has 144 valence electrons. The highest BCUT2D eigenvalue weighted by molar-refractivity contribution is 6.04. The van der Waals surface area contributed by atoms with E-state index in [-0.39, 0.29) is 17.3 Å². The molecular weight excluding hydrogens is 360 g/mol. The molecule has 1 aliphatic carbocycles. The zero-order valence-corrected chi connectivity index (χ0v) is 15.2. The molecule has 9 heteroatoms. The van der Waals surface area contributed by atoms with Crippen LogP contribution in [0.1, 0.15) is 48.5 Å². The zero-order chi connectivity index (χ0) is 19.5. The van der Waals surface area contributed by atoms with Gasteiger partial charge in [-0.05, 0) is 25.0 Å². The first-order valence-corrected chi connectivity index (χ1v) is 9.25. The number of anilines is 1. The van der Waals surface area contributed by atoms with Crippen LogP contribution in [-0.2, 0) is 0 Å². The second kappa shape index (κ2) is 7.63. The van der Waals surface area contributed by atoms with Crippen molar-refractivity contribution < 1.29 is 9.72 Å². The van der Waals surface area contributed by atoms with E-state index in [2.05, 4.69) is 15.4 Å². The van der Waals surface area contributed by atoms with Gasteiger partial charge in [-0.2, -0.15) is 5.10 Å². The maximum Gasteiger partial charge on any atom is 0.294 e. The SMILES string of the molecule is O=C(Nc1ccnn1C1CCCCC1)c1ccc(-n2ccnc2)c([N+](=O)[O-])c1. The maximum absolute atomic E-state index is 12.7. The lowest BCUT2D eigenvalue weighted by molar-refractivity contribution is -0.384. The third kappa shape index (κ3) is 3.51. The minimum Gasteiger partial charge on any atom is -0.307 e. The highest BCUT2D eigenvalue weighted by Gasteiger charge is 2.22. The molecule has 28 heavy (non-hydrogen) atoms. The molecule has 2 heterocycles. The van der Waals surface area contributed by atoms with Crippen molar-refractivity contribution in [1.29, 1.82) is 0 Å². The van der Waals surface area contributed by atoms with Crippen LogP contribution in [0.3, 0.4) is 0 Å². The van der Waals surface area contributed by atoms with Crippen molar-refractivity contribution in [2.24, 2.45) is 0 Å². The molecule has 0 saturated heterocycles. The van der Waals surface area contributed by atoms with Crippen molar-refractivity contribution in [1.82, 2.24) is 19.3 Å². The molecule has 0 atom stereocenters. The Morgan fingerprint density at radius 2 is 2.00 bits per heavy atom. The molecule has 3 aromatic rings. The number of benzene rings is 1. The fourth-order valence-corrected chi connectivity index (χ4v) is 3.65. The molecule has 1 fully saturated rings. The number of aromatic nitrogens is 4. The third-order valence-corrected chi connectivity index (χ3v) is 5.05. The molecule has 0 bridgehead atoms. The lowest BCUT2D eigenvalue weighted by Crippen LogP contribution is -2.20. The number of rotatable bonds is 5. The number of nitro benzene ring substituents is 1. The molecule has 0 spiro atoms. The standard InChI is InChI=1S/C19H20N6O3/c26-19(22-18-8-9-21-24(18)15-4-2-1-3-5-15)14-6-7-16(17(12-14)25(27)28)23-11-10-20-13-23/h6-13,15H,1-5H2,(H,22,26). The minimum atomic E-state index is -0.502. The van der Waals surface area contributed by atoms with Crippen molar-refractivity contribution in [3.8, 4) is 5.69 Å². The normalized spacial score (nSPS) is 14.7. The van der Waals surface area contributed by atoms with E-state index in [0.29, 0.717) is 11.5 Å². The summed E-state index contributed by atoms with van der Waals surface area (Å²) in [5.74, 6) is 0.205. The molecule has 1 aliphatic rings. The molecular formula is C19H20N6O3. The van der Waals surface area contributed by atoms with Crippen LogP contribution in [0.5, 0.6) is 0 Å². The average Bonchev–Trinajstić information content (AvgIpc) is 3.40. The van der Waals surface area contributed by atoms with E-state index in [1.165, 1.54) is 29.6 Å².